The zero-order valence-electron chi connectivity index (χ0n) is 20.9. The number of nitriles is 3. The summed E-state index contributed by atoms with van der Waals surface area (Å²) in [5.74, 6) is 0. The van der Waals surface area contributed by atoms with Crippen molar-refractivity contribution in [3.63, 3.8) is 0 Å². The van der Waals surface area contributed by atoms with E-state index in [2.05, 4.69) is 18.2 Å². The Balaban J connectivity index is 4.49. The molecule has 1 unspecified atom stereocenters. The predicted octanol–water partition coefficient (Wildman–Crippen LogP) is 6.99. The van der Waals surface area contributed by atoms with E-state index in [4.69, 9.17) is 10.5 Å². The van der Waals surface area contributed by atoms with Gasteiger partial charge in [0.2, 0.25) is 10.0 Å². The van der Waals surface area contributed by atoms with E-state index in [9.17, 15) is 13.7 Å². The van der Waals surface area contributed by atoms with Crippen molar-refractivity contribution < 1.29 is 8.42 Å². The van der Waals surface area contributed by atoms with Gasteiger partial charge in [-0.1, -0.05) is 84.0 Å². The molecule has 1 atom stereocenters. The van der Waals surface area contributed by atoms with Crippen LogP contribution in [0.3, 0.4) is 0 Å². The molecular weight excluding hydrogens is 432 g/mol. The first-order chi connectivity index (χ1) is 16.0. The van der Waals surface area contributed by atoms with E-state index >= 15 is 0 Å². The molecule has 0 bridgehead atoms. The SMILES string of the molecule is CCCCC(C#N)S(=O)(=O)N(CCCCCCCCCC#N)CCCCCCCCCC#N. The van der Waals surface area contributed by atoms with Crippen molar-refractivity contribution in [2.24, 2.45) is 0 Å². The third kappa shape index (κ3) is 16.6. The molecule has 0 aliphatic carbocycles. The molecule has 33 heavy (non-hydrogen) atoms. The van der Waals surface area contributed by atoms with E-state index in [1.165, 1.54) is 0 Å². The Morgan fingerprint density at radius 3 is 1.39 bits per heavy atom. The lowest BCUT2D eigenvalue weighted by Crippen LogP contribution is -2.39. The second-order valence-corrected chi connectivity index (χ2v) is 11.1. The first kappa shape index (κ1) is 31.4. The minimum atomic E-state index is -3.59. The summed E-state index contributed by atoms with van der Waals surface area (Å²) in [6.45, 7) is 3.03. The molecule has 0 aliphatic heterocycles. The monoisotopic (exact) mass is 478 g/mol. The average molecular weight is 479 g/mol. The molecule has 0 saturated carbocycles. The Bertz CT molecular complexity index is 657. The van der Waals surface area contributed by atoms with Gasteiger partial charge in [0.25, 0.3) is 0 Å². The van der Waals surface area contributed by atoms with E-state index in [1.807, 2.05) is 6.92 Å². The van der Waals surface area contributed by atoms with Crippen LogP contribution in [0, 0.1) is 34.0 Å². The van der Waals surface area contributed by atoms with Crippen molar-refractivity contribution in [3.05, 3.63) is 0 Å². The summed E-state index contributed by atoms with van der Waals surface area (Å²) in [5.41, 5.74) is 0. The van der Waals surface area contributed by atoms with Crippen LogP contribution in [-0.4, -0.2) is 31.1 Å². The molecule has 6 nitrogen and oxygen atoms in total. The molecule has 0 amide bonds. The number of rotatable bonds is 23. The van der Waals surface area contributed by atoms with Crippen LogP contribution in [0.5, 0.6) is 0 Å². The molecule has 7 heteroatoms. The van der Waals surface area contributed by atoms with E-state index in [0.29, 0.717) is 32.4 Å². The quantitative estimate of drug-likeness (QED) is 0.147. The maximum absolute atomic E-state index is 13.2. The fourth-order valence-electron chi connectivity index (χ4n) is 3.97. The normalized spacial score (nSPS) is 12.2. The van der Waals surface area contributed by atoms with Gasteiger partial charge in [0.15, 0.2) is 5.25 Å². The van der Waals surface area contributed by atoms with E-state index in [-0.39, 0.29) is 0 Å². The van der Waals surface area contributed by atoms with Gasteiger partial charge in [-0.15, -0.1) is 0 Å². The molecule has 0 aliphatic rings. The number of hydrogen-bond donors (Lipinski definition) is 0. The predicted molar refractivity (Wildman–Crippen MR) is 135 cm³/mol. The van der Waals surface area contributed by atoms with Gasteiger partial charge in [-0.05, 0) is 32.1 Å². The zero-order chi connectivity index (χ0) is 24.6. The fourth-order valence-corrected chi connectivity index (χ4v) is 5.69. The van der Waals surface area contributed by atoms with Crippen molar-refractivity contribution >= 4 is 10.0 Å². The van der Waals surface area contributed by atoms with Crippen LogP contribution < -0.4 is 0 Å². The fraction of sp³-hybridized carbons (Fsp3) is 0.885. The van der Waals surface area contributed by atoms with Gasteiger partial charge in [-0.3, -0.25) is 0 Å². The highest BCUT2D eigenvalue weighted by Gasteiger charge is 2.31. The standard InChI is InChI=1S/C26H46N4O2S/c1-2-3-20-26(25-29)33(31,32)30(23-18-14-10-6-4-8-12-16-21-27)24-19-15-11-7-5-9-13-17-22-28/h26H,2-20,23-24H2,1H3. The van der Waals surface area contributed by atoms with E-state index in [1.54, 1.807) is 4.31 Å². The highest BCUT2D eigenvalue weighted by molar-refractivity contribution is 7.90. The molecule has 0 aromatic rings. The topological polar surface area (TPSA) is 109 Å². The van der Waals surface area contributed by atoms with Crippen LogP contribution in [0.4, 0.5) is 0 Å². The molecule has 0 heterocycles. The lowest BCUT2D eigenvalue weighted by atomic mass is 10.1. The van der Waals surface area contributed by atoms with Gasteiger partial charge in [0.05, 0.1) is 18.2 Å². The minimum Gasteiger partial charge on any atom is -0.211 e. The number of unbranched alkanes of at least 4 members (excludes halogenated alkanes) is 15. The lowest BCUT2D eigenvalue weighted by Gasteiger charge is -2.25. The largest absolute Gasteiger partial charge is 0.230 e. The molecule has 0 aromatic heterocycles. The van der Waals surface area contributed by atoms with E-state index < -0.39 is 15.3 Å². The maximum Gasteiger partial charge on any atom is 0.230 e. The third-order valence-electron chi connectivity index (χ3n) is 6.08. The summed E-state index contributed by atoms with van der Waals surface area (Å²) in [4.78, 5) is 0. The van der Waals surface area contributed by atoms with Crippen LogP contribution in [0.15, 0.2) is 0 Å². The van der Waals surface area contributed by atoms with Crippen LogP contribution in [0.25, 0.3) is 0 Å². The molecule has 0 saturated heterocycles. The van der Waals surface area contributed by atoms with Crippen molar-refractivity contribution in [1.82, 2.24) is 4.31 Å². The van der Waals surface area contributed by atoms with Crippen LogP contribution in [0.2, 0.25) is 0 Å². The average Bonchev–Trinajstić information content (AvgIpc) is 2.80. The number of nitrogens with zero attached hydrogens (tertiary/aromatic N) is 4. The second-order valence-electron chi connectivity index (χ2n) is 8.97. The van der Waals surface area contributed by atoms with E-state index in [0.717, 1.165) is 103 Å². The Morgan fingerprint density at radius 1 is 0.636 bits per heavy atom. The summed E-state index contributed by atoms with van der Waals surface area (Å²) in [6.07, 6.45) is 17.8. The summed E-state index contributed by atoms with van der Waals surface area (Å²) < 4.78 is 27.9. The molecule has 0 rings (SSSR count). The van der Waals surface area contributed by atoms with Crippen molar-refractivity contribution in [2.75, 3.05) is 13.1 Å². The van der Waals surface area contributed by atoms with Crippen molar-refractivity contribution in [2.45, 2.75) is 134 Å². The smallest absolute Gasteiger partial charge is 0.211 e. The molecule has 0 spiro atoms. The molecule has 188 valence electrons. The van der Waals surface area contributed by atoms with Gasteiger partial charge in [-0.2, -0.15) is 15.8 Å². The first-order valence-corrected chi connectivity index (χ1v) is 14.7. The van der Waals surface area contributed by atoms with Gasteiger partial charge in [0.1, 0.15) is 0 Å². The Hall–Kier alpha value is -1.62. The zero-order valence-corrected chi connectivity index (χ0v) is 21.8. The van der Waals surface area contributed by atoms with Gasteiger partial charge in [0, 0.05) is 25.9 Å². The van der Waals surface area contributed by atoms with Crippen LogP contribution in [0.1, 0.15) is 129 Å². The highest BCUT2D eigenvalue weighted by Crippen LogP contribution is 2.18. The van der Waals surface area contributed by atoms with Crippen molar-refractivity contribution in [3.8, 4) is 18.2 Å². The van der Waals surface area contributed by atoms with Crippen molar-refractivity contribution in [1.29, 1.82) is 15.8 Å². The van der Waals surface area contributed by atoms with Crippen LogP contribution >= 0.6 is 0 Å². The molecule has 0 fully saturated rings. The summed E-state index contributed by atoms with van der Waals surface area (Å²) >= 11 is 0. The number of sulfonamides is 1. The third-order valence-corrected chi connectivity index (χ3v) is 8.22. The van der Waals surface area contributed by atoms with Crippen LogP contribution in [-0.2, 0) is 10.0 Å². The van der Waals surface area contributed by atoms with Gasteiger partial charge < -0.3 is 0 Å². The maximum atomic E-state index is 13.2. The Labute approximate surface area is 204 Å². The molecule has 0 radical (unpaired) electrons. The van der Waals surface area contributed by atoms with Gasteiger partial charge >= 0.3 is 0 Å². The summed E-state index contributed by atoms with van der Waals surface area (Å²) in [7, 11) is -3.59. The highest BCUT2D eigenvalue weighted by atomic mass is 32.2. The van der Waals surface area contributed by atoms with Gasteiger partial charge in [-0.25, -0.2) is 12.7 Å². The minimum absolute atomic E-state index is 0.414. The Morgan fingerprint density at radius 2 is 1.03 bits per heavy atom. The molecule has 0 N–H and O–H groups in total. The Kier molecular flexibility index (Phi) is 21.1. The summed E-state index contributed by atoms with van der Waals surface area (Å²) in [5, 5.41) is 25.7. The molecule has 0 aromatic carbocycles. The second kappa shape index (κ2) is 22.2. The number of hydrogen-bond acceptors (Lipinski definition) is 5. The summed E-state index contributed by atoms with van der Waals surface area (Å²) in [6, 6.07) is 6.40. The molecular formula is C26H46N4O2S. The first-order valence-electron chi connectivity index (χ1n) is 13.2. The lowest BCUT2D eigenvalue weighted by molar-refractivity contribution is 0.379.